The van der Waals surface area contributed by atoms with E-state index in [9.17, 15) is 4.79 Å². The summed E-state index contributed by atoms with van der Waals surface area (Å²) in [5.41, 5.74) is 6.18. The Bertz CT molecular complexity index is 136. The first-order chi connectivity index (χ1) is 4.46. The van der Waals surface area contributed by atoms with Crippen molar-refractivity contribution in [3.8, 4) is 0 Å². The van der Waals surface area contributed by atoms with Gasteiger partial charge in [0.2, 0.25) is 0 Å². The molecule has 0 heterocycles. The Morgan fingerprint density at radius 2 is 2.10 bits per heavy atom. The summed E-state index contributed by atoms with van der Waals surface area (Å²) < 4.78 is 0. The fourth-order valence-electron chi connectivity index (χ4n) is 0.580. The number of nitrogens with two attached hydrogens (primary N) is 1. The molecule has 3 heteroatoms. The molecule has 0 aromatic carbocycles. The summed E-state index contributed by atoms with van der Waals surface area (Å²) in [6.07, 6.45) is 0. The fraction of sp³-hybridized carbons (Fsp3) is 0.571. The zero-order valence-corrected chi connectivity index (χ0v) is 6.29. The summed E-state index contributed by atoms with van der Waals surface area (Å²) in [7, 11) is 0. The van der Waals surface area contributed by atoms with Crippen molar-refractivity contribution < 1.29 is 9.90 Å². The third kappa shape index (κ3) is 2.19. The van der Waals surface area contributed by atoms with Crippen molar-refractivity contribution in [2.45, 2.75) is 19.9 Å². The Hall–Kier alpha value is -0.830. The highest BCUT2D eigenvalue weighted by Gasteiger charge is 2.19. The molecule has 0 rings (SSSR count). The molecule has 2 unspecified atom stereocenters. The minimum absolute atomic E-state index is 0.433. The molecule has 0 radical (unpaired) electrons. The molecule has 0 aromatic heterocycles. The van der Waals surface area contributed by atoms with Crippen molar-refractivity contribution in [3.05, 3.63) is 12.2 Å². The smallest absolute Gasteiger partial charge is 0.308 e. The third-order valence-corrected chi connectivity index (χ3v) is 1.50. The lowest BCUT2D eigenvalue weighted by atomic mass is 9.98. The Morgan fingerprint density at radius 3 is 2.20 bits per heavy atom. The third-order valence-electron chi connectivity index (χ3n) is 1.50. The molecule has 0 saturated carbocycles. The van der Waals surface area contributed by atoms with Crippen LogP contribution in [-0.4, -0.2) is 17.1 Å². The van der Waals surface area contributed by atoms with Crippen LogP contribution in [0, 0.1) is 5.92 Å². The molecule has 0 aliphatic rings. The standard InChI is InChI=1S/C7H13NO2/c1-4(2)6(8)5(3)7(9)10/h5-6H,1,8H2,2-3H3,(H,9,10). The van der Waals surface area contributed by atoms with Crippen LogP contribution >= 0.6 is 0 Å². The monoisotopic (exact) mass is 143 g/mol. The summed E-state index contributed by atoms with van der Waals surface area (Å²) in [4.78, 5) is 10.3. The van der Waals surface area contributed by atoms with Crippen LogP contribution in [-0.2, 0) is 4.79 Å². The predicted molar refractivity (Wildman–Crippen MR) is 39.6 cm³/mol. The average Bonchev–Trinajstić information content (AvgIpc) is 1.84. The van der Waals surface area contributed by atoms with E-state index in [1.807, 2.05) is 0 Å². The number of carboxylic acids is 1. The molecular formula is C7H13NO2. The molecule has 0 amide bonds. The normalized spacial score (nSPS) is 15.9. The van der Waals surface area contributed by atoms with Crippen molar-refractivity contribution >= 4 is 5.97 Å². The van der Waals surface area contributed by atoms with E-state index in [2.05, 4.69) is 6.58 Å². The first-order valence-electron chi connectivity index (χ1n) is 3.10. The molecule has 0 fully saturated rings. The van der Waals surface area contributed by atoms with Crippen LogP contribution in [0.5, 0.6) is 0 Å². The van der Waals surface area contributed by atoms with E-state index < -0.39 is 17.9 Å². The van der Waals surface area contributed by atoms with Crippen LogP contribution in [0.25, 0.3) is 0 Å². The van der Waals surface area contributed by atoms with Crippen LogP contribution in [0.3, 0.4) is 0 Å². The second kappa shape index (κ2) is 3.37. The Kier molecular flexibility index (Phi) is 3.09. The van der Waals surface area contributed by atoms with Gasteiger partial charge in [0.1, 0.15) is 0 Å². The maximum absolute atomic E-state index is 10.3. The second-order valence-corrected chi connectivity index (χ2v) is 2.50. The average molecular weight is 143 g/mol. The van der Waals surface area contributed by atoms with E-state index in [0.717, 1.165) is 0 Å². The van der Waals surface area contributed by atoms with Crippen molar-refractivity contribution in [2.75, 3.05) is 0 Å². The fourth-order valence-corrected chi connectivity index (χ4v) is 0.580. The lowest BCUT2D eigenvalue weighted by Crippen LogP contribution is -2.34. The van der Waals surface area contributed by atoms with Crippen LogP contribution in [0.1, 0.15) is 13.8 Å². The van der Waals surface area contributed by atoms with Gasteiger partial charge in [-0.25, -0.2) is 0 Å². The molecule has 0 bridgehead atoms. The zero-order valence-electron chi connectivity index (χ0n) is 6.29. The first-order valence-corrected chi connectivity index (χ1v) is 3.10. The van der Waals surface area contributed by atoms with Gasteiger partial charge in [-0.2, -0.15) is 0 Å². The van der Waals surface area contributed by atoms with Crippen molar-refractivity contribution in [1.29, 1.82) is 0 Å². The Morgan fingerprint density at radius 1 is 1.70 bits per heavy atom. The Balaban J connectivity index is 4.07. The summed E-state index contributed by atoms with van der Waals surface area (Å²) in [5.74, 6) is -1.42. The molecule has 58 valence electrons. The number of hydrogen-bond acceptors (Lipinski definition) is 2. The Labute approximate surface area is 60.5 Å². The molecule has 2 atom stereocenters. The molecular weight excluding hydrogens is 130 g/mol. The second-order valence-electron chi connectivity index (χ2n) is 2.50. The van der Waals surface area contributed by atoms with E-state index >= 15 is 0 Å². The van der Waals surface area contributed by atoms with Gasteiger partial charge in [-0.05, 0) is 6.92 Å². The molecule has 10 heavy (non-hydrogen) atoms. The quantitative estimate of drug-likeness (QED) is 0.569. The van der Waals surface area contributed by atoms with Gasteiger partial charge in [0.15, 0.2) is 0 Å². The number of rotatable bonds is 3. The van der Waals surface area contributed by atoms with Crippen molar-refractivity contribution in [1.82, 2.24) is 0 Å². The lowest BCUT2D eigenvalue weighted by Gasteiger charge is -2.14. The van der Waals surface area contributed by atoms with E-state index in [1.165, 1.54) is 0 Å². The summed E-state index contributed by atoms with van der Waals surface area (Å²) in [6, 6.07) is -0.433. The van der Waals surface area contributed by atoms with Crippen molar-refractivity contribution in [2.24, 2.45) is 11.7 Å². The van der Waals surface area contributed by atoms with Gasteiger partial charge in [0.05, 0.1) is 5.92 Å². The highest BCUT2D eigenvalue weighted by Crippen LogP contribution is 2.07. The molecule has 0 aliphatic heterocycles. The van der Waals surface area contributed by atoms with Crippen LogP contribution < -0.4 is 5.73 Å². The van der Waals surface area contributed by atoms with E-state index in [-0.39, 0.29) is 0 Å². The van der Waals surface area contributed by atoms with Gasteiger partial charge in [0, 0.05) is 6.04 Å². The molecule has 0 saturated heterocycles. The minimum atomic E-state index is -0.879. The summed E-state index contributed by atoms with van der Waals surface area (Å²) >= 11 is 0. The number of carbonyl (C=O) groups is 1. The maximum Gasteiger partial charge on any atom is 0.308 e. The van der Waals surface area contributed by atoms with Crippen LogP contribution in [0.2, 0.25) is 0 Å². The van der Waals surface area contributed by atoms with Crippen LogP contribution in [0.15, 0.2) is 12.2 Å². The lowest BCUT2D eigenvalue weighted by molar-refractivity contribution is -0.141. The molecule has 0 aliphatic carbocycles. The zero-order chi connectivity index (χ0) is 8.31. The largest absolute Gasteiger partial charge is 0.481 e. The van der Waals surface area contributed by atoms with E-state index in [1.54, 1.807) is 13.8 Å². The topological polar surface area (TPSA) is 63.3 Å². The van der Waals surface area contributed by atoms with E-state index in [4.69, 9.17) is 10.8 Å². The van der Waals surface area contributed by atoms with Gasteiger partial charge in [-0.15, -0.1) is 0 Å². The summed E-state index contributed by atoms with van der Waals surface area (Å²) in [5, 5.41) is 8.48. The SMILES string of the molecule is C=C(C)C(N)C(C)C(=O)O. The maximum atomic E-state index is 10.3. The molecule has 3 N–H and O–H groups in total. The van der Waals surface area contributed by atoms with Crippen molar-refractivity contribution in [3.63, 3.8) is 0 Å². The van der Waals surface area contributed by atoms with Gasteiger partial charge < -0.3 is 10.8 Å². The number of aliphatic carboxylic acids is 1. The molecule has 0 spiro atoms. The van der Waals surface area contributed by atoms with Crippen LogP contribution in [0.4, 0.5) is 0 Å². The highest BCUT2D eigenvalue weighted by atomic mass is 16.4. The molecule has 3 nitrogen and oxygen atoms in total. The first kappa shape index (κ1) is 9.17. The van der Waals surface area contributed by atoms with Gasteiger partial charge >= 0.3 is 5.97 Å². The van der Waals surface area contributed by atoms with E-state index in [0.29, 0.717) is 5.57 Å². The summed E-state index contributed by atoms with van der Waals surface area (Å²) in [6.45, 7) is 6.87. The number of carboxylic acid groups (broad SMARTS) is 1. The molecule has 0 aromatic rings. The van der Waals surface area contributed by atoms with Gasteiger partial charge in [-0.3, -0.25) is 4.79 Å². The number of hydrogen-bond donors (Lipinski definition) is 2. The minimum Gasteiger partial charge on any atom is -0.481 e. The van der Waals surface area contributed by atoms with Gasteiger partial charge in [0.25, 0.3) is 0 Å². The van der Waals surface area contributed by atoms with Gasteiger partial charge in [-0.1, -0.05) is 19.1 Å². The highest BCUT2D eigenvalue weighted by molar-refractivity contribution is 5.71. The predicted octanol–water partition coefficient (Wildman–Crippen LogP) is 0.611.